The Morgan fingerprint density at radius 2 is 2.33 bits per heavy atom. The van der Waals surface area contributed by atoms with Crippen LogP contribution in [0.2, 0.25) is 0 Å². The van der Waals surface area contributed by atoms with E-state index in [-0.39, 0.29) is 5.41 Å². The summed E-state index contributed by atoms with van der Waals surface area (Å²) < 4.78 is 0. The number of fused-ring (bicyclic) bond motifs is 1. The fourth-order valence-corrected chi connectivity index (χ4v) is 3.83. The van der Waals surface area contributed by atoms with Crippen molar-refractivity contribution in [1.29, 1.82) is 0 Å². The molecule has 0 aromatic rings. The monoisotopic (exact) mass is 334 g/mol. The maximum atomic E-state index is 11.8. The van der Waals surface area contributed by atoms with Gasteiger partial charge in [0.1, 0.15) is 5.78 Å². The molecule has 15 heavy (non-hydrogen) atoms. The van der Waals surface area contributed by atoms with Crippen LogP contribution in [0.15, 0.2) is 0 Å². The summed E-state index contributed by atoms with van der Waals surface area (Å²) in [6.07, 6.45) is 5.26. The van der Waals surface area contributed by atoms with Crippen molar-refractivity contribution in [2.75, 3.05) is 0 Å². The van der Waals surface area contributed by atoms with Crippen molar-refractivity contribution in [3.05, 3.63) is 0 Å². The van der Waals surface area contributed by atoms with Crippen molar-refractivity contribution >= 4 is 35.9 Å². The molecule has 2 fully saturated rings. The van der Waals surface area contributed by atoms with Crippen molar-refractivity contribution < 1.29 is 4.79 Å². The molecule has 0 saturated heterocycles. The highest BCUT2D eigenvalue weighted by molar-refractivity contribution is 14.2. The molecule has 0 bridgehead atoms. The molecule has 2 rings (SSSR count). The van der Waals surface area contributed by atoms with Crippen molar-refractivity contribution in [3.63, 3.8) is 0 Å². The van der Waals surface area contributed by atoms with Crippen LogP contribution in [0.25, 0.3) is 0 Å². The van der Waals surface area contributed by atoms with E-state index in [1.807, 2.05) is 0 Å². The number of carbonyl (C=O) groups excluding carboxylic acids is 1. The van der Waals surface area contributed by atoms with E-state index in [1.165, 1.54) is 6.42 Å². The first-order chi connectivity index (χ1) is 7.18. The van der Waals surface area contributed by atoms with E-state index < -0.39 is 0 Å². The number of Topliss-reactive ketones (excluding diaryl/α,β-unsaturated/α-hetero) is 1. The maximum absolute atomic E-state index is 11.8. The third-order valence-corrected chi connectivity index (χ3v) is 4.99. The van der Waals surface area contributed by atoms with Crippen LogP contribution < -0.4 is 0 Å². The number of ketones is 1. The molecule has 3 heteroatoms. The third-order valence-electron chi connectivity index (χ3n) is 4.14. The summed E-state index contributed by atoms with van der Waals surface area (Å²) in [6, 6.07) is 0. The highest BCUT2D eigenvalue weighted by atomic mass is 127. The van der Waals surface area contributed by atoms with Crippen LogP contribution in [-0.2, 0) is 4.79 Å². The van der Waals surface area contributed by atoms with Crippen molar-refractivity contribution in [1.82, 2.24) is 0 Å². The Morgan fingerprint density at radius 1 is 1.53 bits per heavy atom. The second-order valence-electron chi connectivity index (χ2n) is 4.83. The molecule has 2 saturated carbocycles. The van der Waals surface area contributed by atoms with Crippen LogP contribution in [0.3, 0.4) is 0 Å². The van der Waals surface area contributed by atoms with Crippen LogP contribution in [0.1, 0.15) is 39.0 Å². The first kappa shape index (κ1) is 11.8. The van der Waals surface area contributed by atoms with Gasteiger partial charge < -0.3 is 0 Å². The minimum Gasteiger partial charge on any atom is -0.299 e. The zero-order valence-electron chi connectivity index (χ0n) is 8.88. The maximum Gasteiger partial charge on any atom is 0.136 e. The van der Waals surface area contributed by atoms with Gasteiger partial charge in [0.05, 0.1) is 0 Å². The molecule has 0 aliphatic heterocycles. The fourth-order valence-electron chi connectivity index (χ4n) is 3.26. The van der Waals surface area contributed by atoms with Gasteiger partial charge in [0, 0.05) is 39.5 Å². The molecule has 2 unspecified atom stereocenters. The molecule has 2 aliphatic rings. The molecule has 0 radical (unpaired) electrons. The van der Waals surface area contributed by atoms with Gasteiger partial charge in [-0.25, -0.2) is 0 Å². The number of halogens is 1. The van der Waals surface area contributed by atoms with Gasteiger partial charge in [0.15, 0.2) is 0 Å². The Balaban J connectivity index is 2.21. The van der Waals surface area contributed by atoms with E-state index in [0.717, 1.165) is 25.7 Å². The Hall–Kier alpha value is 0.310. The summed E-state index contributed by atoms with van der Waals surface area (Å²) in [4.78, 5) is 11.8. The molecule has 3 atom stereocenters. The van der Waals surface area contributed by atoms with E-state index in [9.17, 15) is 4.79 Å². The van der Waals surface area contributed by atoms with Crippen LogP contribution in [0.5, 0.6) is 0 Å². The van der Waals surface area contributed by atoms with Gasteiger partial charge in [-0.05, 0) is 45.3 Å². The molecular weight excluding hydrogens is 319 g/mol. The Morgan fingerprint density at radius 3 is 3.07 bits per heavy atom. The van der Waals surface area contributed by atoms with Crippen LogP contribution in [0, 0.1) is 28.4 Å². The van der Waals surface area contributed by atoms with Crippen LogP contribution in [0.4, 0.5) is 0 Å². The predicted octanol–water partition coefficient (Wildman–Crippen LogP) is 3.82. The summed E-state index contributed by atoms with van der Waals surface area (Å²) >= 11 is 2.21. The van der Waals surface area contributed by atoms with Gasteiger partial charge in [-0.2, -0.15) is 0 Å². The second kappa shape index (κ2) is 4.67. The lowest BCUT2D eigenvalue weighted by molar-refractivity contribution is -0.129. The van der Waals surface area contributed by atoms with Gasteiger partial charge in [0.25, 0.3) is 0 Å². The van der Waals surface area contributed by atoms with Gasteiger partial charge in [-0.3, -0.25) is 4.79 Å². The first-order valence-corrected chi connectivity index (χ1v) is 8.85. The second-order valence-corrected chi connectivity index (χ2v) is 6.51. The minimum absolute atomic E-state index is 0.189. The van der Waals surface area contributed by atoms with Crippen molar-refractivity contribution in [3.8, 4) is 11.2 Å². The Kier molecular flexibility index (Phi) is 3.67. The average Bonchev–Trinajstić information content (AvgIpc) is 2.54. The van der Waals surface area contributed by atoms with Crippen LogP contribution >= 0.6 is 30.1 Å². The molecule has 0 heterocycles. The first-order valence-electron chi connectivity index (χ1n) is 5.49. The third kappa shape index (κ3) is 2.08. The van der Waals surface area contributed by atoms with Crippen molar-refractivity contribution in [2.24, 2.45) is 17.3 Å². The lowest BCUT2D eigenvalue weighted by atomic mass is 9.65. The van der Waals surface area contributed by atoms with E-state index in [4.69, 9.17) is 0 Å². The molecule has 0 amide bonds. The van der Waals surface area contributed by atoms with Crippen LogP contribution in [-0.4, -0.2) is 5.78 Å². The SMILES string of the molecule is C[C@]12CCCC(=O)C1CCC2C#CSI. The normalized spacial score (nSPS) is 39.5. The highest BCUT2D eigenvalue weighted by Gasteiger charge is 2.50. The zero-order chi connectivity index (χ0) is 10.9. The van der Waals surface area contributed by atoms with Gasteiger partial charge >= 0.3 is 0 Å². The molecular formula is C12H15IOS. The molecule has 0 aromatic heterocycles. The quantitative estimate of drug-likeness (QED) is 0.495. The van der Waals surface area contributed by atoms with E-state index in [0.29, 0.717) is 17.6 Å². The minimum atomic E-state index is 0.189. The number of hydrogen-bond acceptors (Lipinski definition) is 2. The standard InChI is InChI=1S/C12H15IOS/c1-12-7-2-3-11(14)10(12)5-4-9(12)6-8-15-13/h9-10H,2-5,7H2,1H3/t9?,10?,12-/m1/s1. The molecule has 82 valence electrons. The molecule has 0 aromatic carbocycles. The molecule has 1 nitrogen and oxygen atoms in total. The summed E-state index contributed by atoms with van der Waals surface area (Å²) in [5.41, 5.74) is 0.189. The number of rotatable bonds is 0. The number of carbonyl (C=O) groups is 1. The lowest BCUT2D eigenvalue weighted by Gasteiger charge is -2.37. The number of hydrogen-bond donors (Lipinski definition) is 0. The summed E-state index contributed by atoms with van der Waals surface area (Å²) in [5.74, 6) is 4.60. The Labute approximate surface area is 108 Å². The largest absolute Gasteiger partial charge is 0.299 e. The summed E-state index contributed by atoms with van der Waals surface area (Å²) in [5, 5.41) is 3.11. The summed E-state index contributed by atoms with van der Waals surface area (Å²) in [6.45, 7) is 2.28. The van der Waals surface area contributed by atoms with E-state index in [1.54, 1.807) is 8.93 Å². The summed E-state index contributed by atoms with van der Waals surface area (Å²) in [7, 11) is 1.55. The molecule has 0 N–H and O–H groups in total. The molecule has 0 spiro atoms. The smallest absolute Gasteiger partial charge is 0.136 e. The Bertz CT molecular complexity index is 330. The lowest BCUT2D eigenvalue weighted by Crippen LogP contribution is -2.36. The van der Waals surface area contributed by atoms with Gasteiger partial charge in [-0.15, -0.1) is 0 Å². The fraction of sp³-hybridized carbons (Fsp3) is 0.750. The molecule has 2 aliphatic carbocycles. The van der Waals surface area contributed by atoms with Gasteiger partial charge in [-0.1, -0.05) is 12.8 Å². The van der Waals surface area contributed by atoms with Crippen molar-refractivity contribution in [2.45, 2.75) is 39.0 Å². The van der Waals surface area contributed by atoms with E-state index in [2.05, 4.69) is 39.3 Å². The average molecular weight is 334 g/mol. The predicted molar refractivity (Wildman–Crippen MR) is 72.6 cm³/mol. The van der Waals surface area contributed by atoms with E-state index >= 15 is 0 Å². The topological polar surface area (TPSA) is 17.1 Å². The van der Waals surface area contributed by atoms with Gasteiger partial charge in [0.2, 0.25) is 0 Å². The zero-order valence-corrected chi connectivity index (χ0v) is 11.9. The highest BCUT2D eigenvalue weighted by Crippen LogP contribution is 2.53.